The molecule has 234 valence electrons. The average Bonchev–Trinajstić information content (AvgIpc) is 2.93. The summed E-state index contributed by atoms with van der Waals surface area (Å²) in [5.74, 6) is -2.26. The van der Waals surface area contributed by atoms with Gasteiger partial charge in [-0.1, -0.05) is 70.5 Å². The van der Waals surface area contributed by atoms with E-state index < -0.39 is 31.4 Å². The van der Waals surface area contributed by atoms with Crippen LogP contribution in [-0.4, -0.2) is 54.9 Å². The number of H-pyrrole nitrogens is 1. The van der Waals surface area contributed by atoms with Gasteiger partial charge >= 0.3 is 0 Å². The van der Waals surface area contributed by atoms with Crippen LogP contribution in [0.4, 0.5) is 8.78 Å². The summed E-state index contributed by atoms with van der Waals surface area (Å²) in [6.45, 7) is 17.5. The van der Waals surface area contributed by atoms with Crippen molar-refractivity contribution >= 4 is 14.2 Å². The van der Waals surface area contributed by atoms with E-state index in [0.717, 1.165) is 12.5 Å². The van der Waals surface area contributed by atoms with Crippen LogP contribution in [-0.2, 0) is 10.8 Å². The second kappa shape index (κ2) is 14.4. The molecule has 1 aromatic heterocycles. The number of carbonyl (C=O) groups is 1. The Morgan fingerprint density at radius 2 is 1.72 bits per heavy atom. The summed E-state index contributed by atoms with van der Waals surface area (Å²) < 4.78 is 40.9. The Hall–Kier alpha value is -3.37. The summed E-state index contributed by atoms with van der Waals surface area (Å²) in [7, 11) is -2.04. The number of aromatic nitrogens is 2. The van der Waals surface area contributed by atoms with Gasteiger partial charge in [-0.3, -0.25) is 9.59 Å². The average molecular weight is 614 g/mol. The number of rotatable bonds is 13. The third-order valence-corrected chi connectivity index (χ3v) is 12.5. The molecule has 3 aromatic rings. The van der Waals surface area contributed by atoms with Gasteiger partial charge in [0.2, 0.25) is 5.75 Å². The minimum absolute atomic E-state index is 0.0217. The lowest BCUT2D eigenvalue weighted by Crippen LogP contribution is -2.45. The van der Waals surface area contributed by atoms with Gasteiger partial charge in [0.1, 0.15) is 5.82 Å². The quantitative estimate of drug-likeness (QED) is 0.161. The second-order valence-corrected chi connectivity index (χ2v) is 17.3. The molecule has 0 aliphatic rings. The highest BCUT2D eigenvalue weighted by molar-refractivity contribution is 6.74. The maximum absolute atomic E-state index is 14.7. The Morgan fingerprint density at radius 1 is 1.05 bits per heavy atom. The maximum atomic E-state index is 14.7. The first-order valence-electron chi connectivity index (χ1n) is 14.9. The van der Waals surface area contributed by atoms with Crippen molar-refractivity contribution < 1.29 is 22.7 Å². The van der Waals surface area contributed by atoms with Crippen LogP contribution < -0.4 is 10.3 Å². The molecule has 3 rings (SSSR count). The SMILES string of the molecule is CCCCOc1c(C(=O)N(CCO[Si](C)(C)C(C)(C)C)C(C)C)nc(Cc2ccccc2-c2cccc(F)c2F)[nH]c1=O. The summed E-state index contributed by atoms with van der Waals surface area (Å²) in [5, 5.41) is 0.0217. The highest BCUT2D eigenvalue weighted by Gasteiger charge is 2.37. The van der Waals surface area contributed by atoms with Gasteiger partial charge in [0.15, 0.2) is 25.6 Å². The molecule has 1 amide bonds. The number of aromatic amines is 1. The number of hydrogen-bond donors (Lipinski definition) is 1. The lowest BCUT2D eigenvalue weighted by molar-refractivity contribution is 0.0657. The van der Waals surface area contributed by atoms with Crippen LogP contribution in [0.15, 0.2) is 47.3 Å². The molecule has 0 atom stereocenters. The van der Waals surface area contributed by atoms with E-state index in [1.807, 2.05) is 20.8 Å². The zero-order valence-electron chi connectivity index (χ0n) is 26.6. The molecule has 10 heteroatoms. The summed E-state index contributed by atoms with van der Waals surface area (Å²) >= 11 is 0. The molecule has 0 aliphatic heterocycles. The van der Waals surface area contributed by atoms with Crippen LogP contribution >= 0.6 is 0 Å². The van der Waals surface area contributed by atoms with Crippen molar-refractivity contribution in [1.29, 1.82) is 0 Å². The van der Waals surface area contributed by atoms with Crippen molar-refractivity contribution in [3.8, 4) is 16.9 Å². The number of carbonyl (C=O) groups excluding carboxylic acids is 1. The molecule has 2 aromatic carbocycles. The first kappa shape index (κ1) is 34.1. The predicted molar refractivity (Wildman–Crippen MR) is 169 cm³/mol. The first-order valence-corrected chi connectivity index (χ1v) is 17.8. The third kappa shape index (κ3) is 8.38. The fourth-order valence-electron chi connectivity index (χ4n) is 4.37. The molecule has 0 aliphatic carbocycles. The Morgan fingerprint density at radius 3 is 2.37 bits per heavy atom. The molecule has 0 spiro atoms. The molecule has 0 fully saturated rings. The molecule has 1 heterocycles. The van der Waals surface area contributed by atoms with Crippen molar-refractivity contribution in [3.05, 3.63) is 81.5 Å². The van der Waals surface area contributed by atoms with Gasteiger partial charge in [-0.05, 0) is 55.6 Å². The molecule has 0 saturated carbocycles. The summed E-state index contributed by atoms with van der Waals surface area (Å²) in [6, 6.07) is 10.7. The highest BCUT2D eigenvalue weighted by Crippen LogP contribution is 2.36. The van der Waals surface area contributed by atoms with Gasteiger partial charge in [0.05, 0.1) is 13.2 Å². The molecule has 43 heavy (non-hydrogen) atoms. The topological polar surface area (TPSA) is 84.5 Å². The molecule has 1 N–H and O–H groups in total. The Balaban J connectivity index is 2.01. The normalized spacial score (nSPS) is 12.1. The third-order valence-electron chi connectivity index (χ3n) is 7.98. The molecular formula is C33H45F2N3O4Si. The number of nitrogens with zero attached hydrogens (tertiary/aromatic N) is 2. The van der Waals surface area contributed by atoms with Crippen molar-refractivity contribution in [2.24, 2.45) is 0 Å². The van der Waals surface area contributed by atoms with E-state index in [4.69, 9.17) is 9.16 Å². The maximum Gasteiger partial charge on any atom is 0.294 e. The molecule has 0 radical (unpaired) electrons. The van der Waals surface area contributed by atoms with E-state index in [9.17, 15) is 18.4 Å². The van der Waals surface area contributed by atoms with Crippen molar-refractivity contribution in [3.63, 3.8) is 0 Å². The van der Waals surface area contributed by atoms with Gasteiger partial charge in [-0.2, -0.15) is 0 Å². The van der Waals surface area contributed by atoms with E-state index >= 15 is 0 Å². The van der Waals surface area contributed by atoms with E-state index in [1.165, 1.54) is 12.1 Å². The van der Waals surface area contributed by atoms with Crippen molar-refractivity contribution in [2.75, 3.05) is 19.8 Å². The smallest absolute Gasteiger partial charge is 0.294 e. The number of amides is 1. The van der Waals surface area contributed by atoms with Gasteiger partial charge in [0.25, 0.3) is 11.5 Å². The lowest BCUT2D eigenvalue weighted by Gasteiger charge is -2.37. The number of hydrogen-bond acceptors (Lipinski definition) is 5. The Kier molecular flexibility index (Phi) is 11.4. The molecule has 7 nitrogen and oxygen atoms in total. The number of ether oxygens (including phenoxy) is 1. The fraction of sp³-hybridized carbons (Fsp3) is 0.485. The van der Waals surface area contributed by atoms with Gasteiger partial charge in [0, 0.05) is 24.6 Å². The molecule has 0 bridgehead atoms. The van der Waals surface area contributed by atoms with E-state index in [0.29, 0.717) is 30.7 Å². The molecule has 0 unspecified atom stereocenters. The fourth-order valence-corrected chi connectivity index (χ4v) is 5.40. The molecule has 0 saturated heterocycles. The summed E-state index contributed by atoms with van der Waals surface area (Å²) in [4.78, 5) is 36.3. The summed E-state index contributed by atoms with van der Waals surface area (Å²) in [5.41, 5.74) is 0.522. The largest absolute Gasteiger partial charge is 0.486 e. The minimum atomic E-state index is -2.04. The van der Waals surface area contributed by atoms with Crippen LogP contribution in [0.2, 0.25) is 18.1 Å². The summed E-state index contributed by atoms with van der Waals surface area (Å²) in [6.07, 6.45) is 1.63. The van der Waals surface area contributed by atoms with Crippen LogP contribution in [0, 0.1) is 11.6 Å². The number of benzene rings is 2. The van der Waals surface area contributed by atoms with Crippen LogP contribution in [0.3, 0.4) is 0 Å². The Bertz CT molecular complexity index is 1470. The molecular weight excluding hydrogens is 568 g/mol. The number of unbranched alkanes of at least 4 members (excludes halogenated alkanes) is 1. The zero-order chi connectivity index (χ0) is 31.9. The predicted octanol–water partition coefficient (Wildman–Crippen LogP) is 7.36. The minimum Gasteiger partial charge on any atom is -0.486 e. The van der Waals surface area contributed by atoms with Crippen LogP contribution in [0.25, 0.3) is 11.1 Å². The highest BCUT2D eigenvalue weighted by atomic mass is 28.4. The van der Waals surface area contributed by atoms with Crippen LogP contribution in [0.1, 0.15) is 76.3 Å². The Labute approximate surface area is 254 Å². The number of halogens is 2. The van der Waals surface area contributed by atoms with E-state index in [-0.39, 0.29) is 46.9 Å². The zero-order valence-corrected chi connectivity index (χ0v) is 27.6. The van der Waals surface area contributed by atoms with Gasteiger partial charge in [-0.15, -0.1) is 0 Å². The lowest BCUT2D eigenvalue weighted by atomic mass is 9.97. The van der Waals surface area contributed by atoms with Crippen molar-refractivity contribution in [2.45, 2.75) is 85.0 Å². The van der Waals surface area contributed by atoms with Crippen LogP contribution in [0.5, 0.6) is 5.75 Å². The standard InChI is InChI=1S/C33H45F2N3O4Si/c1-9-10-19-41-30-29(32(40)38(22(2)3)18-20-42-43(7,8)33(4,5)6)36-27(37-31(30)39)21-23-14-11-12-15-24(23)25-16-13-17-26(34)28(25)35/h11-17,22H,9-10,18-21H2,1-8H3,(H,36,37,39). The van der Waals surface area contributed by atoms with E-state index in [1.54, 1.807) is 29.2 Å². The van der Waals surface area contributed by atoms with Gasteiger partial charge in [-0.25, -0.2) is 13.8 Å². The van der Waals surface area contributed by atoms with Crippen molar-refractivity contribution in [1.82, 2.24) is 14.9 Å². The van der Waals surface area contributed by atoms with Gasteiger partial charge < -0.3 is 19.0 Å². The monoisotopic (exact) mass is 613 g/mol. The second-order valence-electron chi connectivity index (χ2n) is 12.5. The number of nitrogens with one attached hydrogen (secondary N) is 1. The van der Waals surface area contributed by atoms with E-state index in [2.05, 4.69) is 43.8 Å². The first-order chi connectivity index (χ1) is 20.2.